The molecule has 2 N–H and O–H groups in total. The molecule has 22 heavy (non-hydrogen) atoms. The predicted octanol–water partition coefficient (Wildman–Crippen LogP) is 2.48. The monoisotopic (exact) mass is 364 g/mol. The van der Waals surface area contributed by atoms with E-state index in [0.29, 0.717) is 33.0 Å². The van der Waals surface area contributed by atoms with Crippen molar-refractivity contribution in [1.29, 1.82) is 0 Å². The average molecular weight is 365 g/mol. The van der Waals surface area contributed by atoms with E-state index in [0.717, 1.165) is 12.8 Å². The standard InChI is InChI=1S/C14H13BrN4O3/c1-22-14(21)9-5-4-8(6-10(9)15)16-13(20)12-11(7-2-3-7)17-19-18-12/h4-7H,2-3H2,1H3,(H,16,20)(H,17,18,19). The minimum Gasteiger partial charge on any atom is -0.465 e. The molecule has 1 fully saturated rings. The van der Waals surface area contributed by atoms with E-state index in [-0.39, 0.29) is 5.91 Å². The third kappa shape index (κ3) is 2.87. The number of anilines is 1. The lowest BCUT2D eigenvalue weighted by Gasteiger charge is -2.07. The van der Waals surface area contributed by atoms with Crippen LogP contribution >= 0.6 is 15.9 Å². The molecular formula is C14H13BrN4O3. The van der Waals surface area contributed by atoms with Gasteiger partial charge in [0.2, 0.25) is 0 Å². The molecule has 8 heteroatoms. The Kier molecular flexibility index (Phi) is 3.93. The number of nitrogens with zero attached hydrogens (tertiary/aromatic N) is 2. The summed E-state index contributed by atoms with van der Waals surface area (Å²) in [7, 11) is 1.31. The number of hydrogen-bond donors (Lipinski definition) is 2. The topological polar surface area (TPSA) is 97.0 Å². The van der Waals surface area contributed by atoms with Gasteiger partial charge in [0.1, 0.15) is 0 Å². The smallest absolute Gasteiger partial charge is 0.339 e. The number of carbonyl (C=O) groups excluding carboxylic acids is 2. The number of halogens is 1. The Morgan fingerprint density at radius 1 is 1.36 bits per heavy atom. The van der Waals surface area contributed by atoms with Crippen LogP contribution < -0.4 is 5.32 Å². The van der Waals surface area contributed by atoms with Crippen molar-refractivity contribution >= 4 is 33.5 Å². The van der Waals surface area contributed by atoms with Crippen molar-refractivity contribution in [2.75, 3.05) is 12.4 Å². The summed E-state index contributed by atoms with van der Waals surface area (Å²) in [5, 5.41) is 13.2. The molecule has 1 aromatic carbocycles. The SMILES string of the molecule is COC(=O)c1ccc(NC(=O)c2n[nH]nc2C2CC2)cc1Br. The van der Waals surface area contributed by atoms with Gasteiger partial charge in [0, 0.05) is 16.1 Å². The van der Waals surface area contributed by atoms with E-state index in [2.05, 4.69) is 41.4 Å². The summed E-state index contributed by atoms with van der Waals surface area (Å²) >= 11 is 3.29. The van der Waals surface area contributed by atoms with Crippen molar-refractivity contribution in [3.8, 4) is 0 Å². The quantitative estimate of drug-likeness (QED) is 0.812. The third-order valence-corrected chi connectivity index (χ3v) is 4.04. The third-order valence-electron chi connectivity index (χ3n) is 3.39. The van der Waals surface area contributed by atoms with Gasteiger partial charge in [-0.2, -0.15) is 15.4 Å². The first-order valence-corrected chi connectivity index (χ1v) is 7.49. The molecule has 1 aromatic heterocycles. The molecule has 0 bridgehead atoms. The van der Waals surface area contributed by atoms with Gasteiger partial charge in [-0.05, 0) is 47.0 Å². The van der Waals surface area contributed by atoms with Crippen molar-refractivity contribution in [3.63, 3.8) is 0 Å². The van der Waals surface area contributed by atoms with Gasteiger partial charge in [0.25, 0.3) is 5.91 Å². The molecule has 114 valence electrons. The molecule has 1 heterocycles. The number of benzene rings is 1. The number of amides is 1. The van der Waals surface area contributed by atoms with Gasteiger partial charge >= 0.3 is 5.97 Å². The lowest BCUT2D eigenvalue weighted by Crippen LogP contribution is -2.14. The molecule has 1 amide bonds. The molecule has 3 rings (SSSR count). The first-order valence-electron chi connectivity index (χ1n) is 6.70. The average Bonchev–Trinajstić information content (AvgIpc) is 3.23. The number of hydrogen-bond acceptors (Lipinski definition) is 5. The Morgan fingerprint density at radius 2 is 2.14 bits per heavy atom. The Labute approximate surface area is 134 Å². The summed E-state index contributed by atoms with van der Waals surface area (Å²) in [6.45, 7) is 0. The summed E-state index contributed by atoms with van der Waals surface area (Å²) in [4.78, 5) is 23.8. The molecule has 7 nitrogen and oxygen atoms in total. The number of aromatic nitrogens is 3. The van der Waals surface area contributed by atoms with Crippen LogP contribution in [0.15, 0.2) is 22.7 Å². The van der Waals surface area contributed by atoms with E-state index in [4.69, 9.17) is 0 Å². The molecule has 1 aliphatic carbocycles. The molecule has 0 aliphatic heterocycles. The zero-order valence-corrected chi connectivity index (χ0v) is 13.3. The minimum absolute atomic E-state index is 0.315. The number of carbonyl (C=O) groups is 2. The summed E-state index contributed by atoms with van der Waals surface area (Å²) in [6.07, 6.45) is 2.07. The molecule has 0 radical (unpaired) electrons. The van der Waals surface area contributed by atoms with E-state index in [1.807, 2.05) is 0 Å². The lowest BCUT2D eigenvalue weighted by atomic mass is 10.2. The fourth-order valence-electron chi connectivity index (χ4n) is 2.11. The Hall–Kier alpha value is -2.22. The zero-order chi connectivity index (χ0) is 15.7. The Morgan fingerprint density at radius 3 is 2.77 bits per heavy atom. The van der Waals surface area contributed by atoms with E-state index >= 15 is 0 Å². The predicted molar refractivity (Wildman–Crippen MR) is 81.8 cm³/mol. The largest absolute Gasteiger partial charge is 0.465 e. The summed E-state index contributed by atoms with van der Waals surface area (Å²) in [6, 6.07) is 4.85. The maximum atomic E-state index is 12.3. The number of aromatic amines is 1. The van der Waals surface area contributed by atoms with Gasteiger partial charge < -0.3 is 10.1 Å². The van der Waals surface area contributed by atoms with E-state index in [1.165, 1.54) is 7.11 Å². The number of methoxy groups -OCH3 is 1. The number of rotatable bonds is 4. The van der Waals surface area contributed by atoms with Gasteiger partial charge in [-0.1, -0.05) is 0 Å². The van der Waals surface area contributed by atoms with Crippen molar-refractivity contribution < 1.29 is 14.3 Å². The number of nitrogens with one attached hydrogen (secondary N) is 2. The maximum absolute atomic E-state index is 12.3. The zero-order valence-electron chi connectivity index (χ0n) is 11.7. The molecule has 0 saturated heterocycles. The van der Waals surface area contributed by atoms with Crippen LogP contribution in [0.3, 0.4) is 0 Å². The van der Waals surface area contributed by atoms with Crippen LogP contribution in [-0.2, 0) is 4.74 Å². The first kappa shape index (κ1) is 14.7. The van der Waals surface area contributed by atoms with Crippen molar-refractivity contribution in [1.82, 2.24) is 15.4 Å². The molecule has 0 spiro atoms. The first-order chi connectivity index (χ1) is 10.6. The number of esters is 1. The highest BCUT2D eigenvalue weighted by Crippen LogP contribution is 2.40. The van der Waals surface area contributed by atoms with Crippen molar-refractivity contribution in [2.24, 2.45) is 0 Å². The van der Waals surface area contributed by atoms with Gasteiger partial charge in [-0.25, -0.2) is 4.79 Å². The second-order valence-corrected chi connectivity index (χ2v) is 5.83. The fourth-order valence-corrected chi connectivity index (χ4v) is 2.65. The minimum atomic E-state index is -0.447. The van der Waals surface area contributed by atoms with Crippen molar-refractivity contribution in [2.45, 2.75) is 18.8 Å². The number of ether oxygens (including phenoxy) is 1. The van der Waals surface area contributed by atoms with E-state index < -0.39 is 5.97 Å². The second kappa shape index (κ2) is 5.88. The highest BCUT2D eigenvalue weighted by molar-refractivity contribution is 9.10. The molecule has 1 saturated carbocycles. The van der Waals surface area contributed by atoms with Crippen molar-refractivity contribution in [3.05, 3.63) is 39.6 Å². The number of H-pyrrole nitrogens is 1. The summed E-state index contributed by atoms with van der Waals surface area (Å²) < 4.78 is 5.21. The van der Waals surface area contributed by atoms with Gasteiger partial charge in [-0.3, -0.25) is 4.79 Å². The van der Waals surface area contributed by atoms with Crippen LogP contribution in [0.5, 0.6) is 0 Å². The van der Waals surface area contributed by atoms with Crippen LogP contribution in [0.1, 0.15) is 45.3 Å². The molecule has 2 aromatic rings. The van der Waals surface area contributed by atoms with Gasteiger partial charge in [0.15, 0.2) is 5.69 Å². The fraction of sp³-hybridized carbons (Fsp3) is 0.286. The van der Waals surface area contributed by atoms with Crippen LogP contribution in [0, 0.1) is 0 Å². The molecular weight excluding hydrogens is 352 g/mol. The Balaban J connectivity index is 1.78. The molecule has 1 aliphatic rings. The van der Waals surface area contributed by atoms with E-state index in [1.54, 1.807) is 18.2 Å². The molecule has 0 unspecified atom stereocenters. The normalized spacial score (nSPS) is 13.7. The lowest BCUT2D eigenvalue weighted by molar-refractivity contribution is 0.0599. The van der Waals surface area contributed by atoms with Gasteiger partial charge in [0.05, 0.1) is 18.4 Å². The molecule has 0 atom stereocenters. The highest BCUT2D eigenvalue weighted by atomic mass is 79.9. The second-order valence-electron chi connectivity index (χ2n) is 4.97. The van der Waals surface area contributed by atoms with Crippen LogP contribution in [-0.4, -0.2) is 34.4 Å². The summed E-state index contributed by atoms with van der Waals surface area (Å²) in [5.41, 5.74) is 1.97. The van der Waals surface area contributed by atoms with Gasteiger partial charge in [-0.15, -0.1) is 0 Å². The van der Waals surface area contributed by atoms with E-state index in [9.17, 15) is 9.59 Å². The van der Waals surface area contributed by atoms with Crippen LogP contribution in [0.2, 0.25) is 0 Å². The summed E-state index contributed by atoms with van der Waals surface area (Å²) in [5.74, 6) is -0.446. The maximum Gasteiger partial charge on any atom is 0.339 e. The highest BCUT2D eigenvalue weighted by Gasteiger charge is 2.31. The van der Waals surface area contributed by atoms with Crippen LogP contribution in [0.4, 0.5) is 5.69 Å². The van der Waals surface area contributed by atoms with Crippen LogP contribution in [0.25, 0.3) is 0 Å². The Bertz CT molecular complexity index is 739.